The Morgan fingerprint density at radius 3 is 2.37 bits per heavy atom. The minimum Gasteiger partial charge on any atom is -0.494 e. The summed E-state index contributed by atoms with van der Waals surface area (Å²) < 4.78 is 32.7. The fourth-order valence-corrected chi connectivity index (χ4v) is 11.0. The fourth-order valence-electron chi connectivity index (χ4n) is 10.0. The van der Waals surface area contributed by atoms with Crippen LogP contribution in [0.25, 0.3) is 11.0 Å². The molecule has 9 rings (SSSR count). The highest BCUT2D eigenvalue weighted by Gasteiger charge is 2.31. The number of hydrogen-bond donors (Lipinski definition) is 4. The van der Waals surface area contributed by atoms with Crippen LogP contribution in [-0.4, -0.2) is 106 Å². The third-order valence-electron chi connectivity index (χ3n) is 13.6. The molecule has 3 aromatic carbocycles. The van der Waals surface area contributed by atoms with Gasteiger partial charge in [-0.25, -0.2) is 8.42 Å². The fraction of sp³-hybridized carbons (Fsp3) is 0.447. The predicted octanol–water partition coefficient (Wildman–Crippen LogP) is 6.81. The van der Waals surface area contributed by atoms with Crippen LogP contribution in [0.5, 0.6) is 5.75 Å². The summed E-state index contributed by atoms with van der Waals surface area (Å²) in [7, 11) is 0.518. The number of ether oxygens (including phenoxy) is 1. The van der Waals surface area contributed by atoms with Crippen LogP contribution in [0.4, 0.5) is 40.2 Å². The number of carbonyl (C=O) groups excluding carboxylic acids is 2. The van der Waals surface area contributed by atoms with Crippen LogP contribution < -0.4 is 34.8 Å². The summed E-state index contributed by atoms with van der Waals surface area (Å²) in [6, 6.07) is 20.8. The van der Waals surface area contributed by atoms with Crippen LogP contribution in [0.15, 0.2) is 66.9 Å². The Kier molecular flexibility index (Phi) is 11.9. The predicted molar refractivity (Wildman–Crippen MR) is 250 cm³/mol. The molecular weight excluding hydrogens is 817 g/mol. The monoisotopic (exact) mass is 874 g/mol. The lowest BCUT2D eigenvalue weighted by Gasteiger charge is -2.39. The van der Waals surface area contributed by atoms with E-state index in [1.807, 2.05) is 30.5 Å². The van der Waals surface area contributed by atoms with Crippen molar-refractivity contribution in [3.8, 4) is 5.75 Å². The number of fused-ring (bicyclic) bond motifs is 2. The van der Waals surface area contributed by atoms with E-state index in [0.717, 1.165) is 79.0 Å². The normalized spacial score (nSPS) is 18.9. The lowest BCUT2D eigenvalue weighted by atomic mass is 9.90. The number of H-pyrrole nitrogens is 1. The number of aromatic nitrogens is 3. The van der Waals surface area contributed by atoms with E-state index < -0.39 is 10.0 Å². The summed E-state index contributed by atoms with van der Waals surface area (Å²) in [4.78, 5) is 44.3. The Balaban J connectivity index is 0.785. The van der Waals surface area contributed by atoms with E-state index in [4.69, 9.17) is 14.7 Å². The Hall–Kier alpha value is -5.87. The van der Waals surface area contributed by atoms with E-state index >= 15 is 0 Å². The van der Waals surface area contributed by atoms with Crippen molar-refractivity contribution in [2.24, 2.45) is 5.92 Å². The summed E-state index contributed by atoms with van der Waals surface area (Å²) in [6.07, 6.45) is 10.4. The van der Waals surface area contributed by atoms with Gasteiger partial charge in [-0.1, -0.05) is 24.3 Å². The van der Waals surface area contributed by atoms with Crippen molar-refractivity contribution in [3.63, 3.8) is 0 Å². The minimum absolute atomic E-state index is 0.178. The maximum absolute atomic E-state index is 12.7. The number of sulfonamides is 1. The Morgan fingerprint density at radius 1 is 0.873 bits per heavy atom. The van der Waals surface area contributed by atoms with Crippen molar-refractivity contribution in [2.45, 2.75) is 70.3 Å². The van der Waals surface area contributed by atoms with Gasteiger partial charge in [-0.2, -0.15) is 9.97 Å². The number of methoxy groups -OCH3 is 1. The van der Waals surface area contributed by atoms with Crippen LogP contribution in [0.3, 0.4) is 0 Å². The molecule has 0 radical (unpaired) electrons. The van der Waals surface area contributed by atoms with Crippen molar-refractivity contribution in [1.29, 1.82) is 0 Å². The third kappa shape index (κ3) is 9.01. The van der Waals surface area contributed by atoms with Gasteiger partial charge < -0.3 is 35.1 Å². The molecule has 0 aliphatic carbocycles. The second-order valence-corrected chi connectivity index (χ2v) is 19.5. The molecule has 4 aliphatic rings. The van der Waals surface area contributed by atoms with Crippen molar-refractivity contribution < 1.29 is 22.7 Å². The standard InChI is InChI=1S/C47H58N10O5S/c1-30-28-39(50-47-52-44-37(14-21-48-44)45(53-47)49-38-7-5-6-33-18-27-57(43(33)38)63(4,60)61)41(62-3)29-40(30)56-25-19-34(20-26-56)54(2)22-15-31-16-23-55(24-17-31)35-10-8-32(9-11-35)36-12-13-42(58)51-46(36)59/h5-11,14,21,28-29,31,34,36H,12-13,15-20,22-27H2,1-4H3,(H,51,58,59)(H3,48,49,50,52,53). The van der Waals surface area contributed by atoms with Crippen LogP contribution in [-0.2, 0) is 26.0 Å². The molecule has 4 N–H and O–H groups in total. The number of carbonyl (C=O) groups is 2. The van der Waals surface area contributed by atoms with E-state index in [1.165, 1.54) is 35.5 Å². The average molecular weight is 875 g/mol. The summed E-state index contributed by atoms with van der Waals surface area (Å²) in [5, 5.41) is 10.1. The third-order valence-corrected chi connectivity index (χ3v) is 14.8. The molecule has 1 unspecified atom stereocenters. The molecule has 0 spiro atoms. The molecule has 1 atom stereocenters. The molecule has 2 amide bonds. The van der Waals surface area contributed by atoms with E-state index in [9.17, 15) is 18.0 Å². The average Bonchev–Trinajstić information content (AvgIpc) is 3.95. The molecule has 6 heterocycles. The van der Waals surface area contributed by atoms with Crippen LogP contribution in [0, 0.1) is 12.8 Å². The van der Waals surface area contributed by atoms with Gasteiger partial charge in [0.1, 0.15) is 17.2 Å². The number of imide groups is 1. The van der Waals surface area contributed by atoms with Gasteiger partial charge in [0, 0.05) is 68.8 Å². The summed E-state index contributed by atoms with van der Waals surface area (Å²) in [6.45, 7) is 7.65. The topological polar surface area (TPSA) is 168 Å². The van der Waals surface area contributed by atoms with Gasteiger partial charge in [-0.05, 0) is 118 Å². The van der Waals surface area contributed by atoms with Gasteiger partial charge in [0.25, 0.3) is 0 Å². The molecule has 3 fully saturated rings. The Labute approximate surface area is 369 Å². The van der Waals surface area contributed by atoms with Crippen molar-refractivity contribution in [1.82, 2.24) is 25.2 Å². The molecule has 0 saturated carbocycles. The van der Waals surface area contributed by atoms with Crippen LogP contribution in [0.1, 0.15) is 67.6 Å². The number of piperidine rings is 3. The van der Waals surface area contributed by atoms with Gasteiger partial charge in [-0.15, -0.1) is 0 Å². The molecule has 5 aromatic rings. The van der Waals surface area contributed by atoms with Gasteiger partial charge in [0.2, 0.25) is 27.8 Å². The quantitative estimate of drug-likeness (QED) is 0.0914. The molecule has 0 bridgehead atoms. The summed E-state index contributed by atoms with van der Waals surface area (Å²) in [5.74, 6) is 1.72. The lowest BCUT2D eigenvalue weighted by molar-refractivity contribution is -0.134. The number of para-hydroxylation sites is 1. The SMILES string of the molecule is COc1cc(N2CCC(N(C)CCC3CCN(c4ccc(C5CCC(=O)NC5=O)cc4)CC3)CC2)c(C)cc1Nc1nc(Nc2cccc3c2N(S(C)(=O)=O)CC3)c2cc[nH]c2n1. The highest BCUT2D eigenvalue weighted by molar-refractivity contribution is 7.92. The van der Waals surface area contributed by atoms with Crippen LogP contribution in [0.2, 0.25) is 0 Å². The smallest absolute Gasteiger partial charge is 0.234 e. The highest BCUT2D eigenvalue weighted by Crippen LogP contribution is 2.41. The zero-order chi connectivity index (χ0) is 43.8. The number of amides is 2. The summed E-state index contributed by atoms with van der Waals surface area (Å²) in [5.41, 5.74) is 8.16. The molecule has 2 aromatic heterocycles. The second-order valence-electron chi connectivity index (χ2n) is 17.6. The van der Waals surface area contributed by atoms with E-state index in [0.29, 0.717) is 72.3 Å². The van der Waals surface area contributed by atoms with Gasteiger partial charge in [-0.3, -0.25) is 19.2 Å². The number of aryl methyl sites for hydroxylation is 1. The van der Waals surface area contributed by atoms with Crippen molar-refractivity contribution in [2.75, 3.05) is 84.4 Å². The van der Waals surface area contributed by atoms with Gasteiger partial charge >= 0.3 is 0 Å². The molecular formula is C47H58N10O5S. The Bertz CT molecular complexity index is 2600. The van der Waals surface area contributed by atoms with E-state index in [2.05, 4.69) is 86.0 Å². The molecule has 4 aliphatic heterocycles. The molecule has 16 heteroatoms. The first-order valence-corrected chi connectivity index (χ1v) is 24.1. The molecule has 15 nitrogen and oxygen atoms in total. The van der Waals surface area contributed by atoms with Crippen molar-refractivity contribution in [3.05, 3.63) is 83.6 Å². The Morgan fingerprint density at radius 2 is 1.63 bits per heavy atom. The van der Waals surface area contributed by atoms with Crippen LogP contribution >= 0.6 is 0 Å². The van der Waals surface area contributed by atoms with Crippen molar-refractivity contribution >= 4 is 73.1 Å². The number of rotatable bonds is 13. The number of anilines is 7. The zero-order valence-corrected chi connectivity index (χ0v) is 37.4. The minimum atomic E-state index is -3.45. The number of nitrogens with one attached hydrogen (secondary N) is 4. The maximum Gasteiger partial charge on any atom is 0.234 e. The lowest BCUT2D eigenvalue weighted by Crippen LogP contribution is -2.44. The van der Waals surface area contributed by atoms with Gasteiger partial charge in [0.05, 0.1) is 41.7 Å². The molecule has 63 heavy (non-hydrogen) atoms. The zero-order valence-electron chi connectivity index (χ0n) is 36.6. The molecule has 332 valence electrons. The van der Waals surface area contributed by atoms with E-state index in [-0.39, 0.29) is 17.7 Å². The van der Waals surface area contributed by atoms with Gasteiger partial charge in [0.15, 0.2) is 0 Å². The largest absolute Gasteiger partial charge is 0.494 e. The number of nitrogens with zero attached hydrogens (tertiary/aromatic N) is 6. The number of benzene rings is 3. The second kappa shape index (κ2) is 17.7. The first-order chi connectivity index (χ1) is 30.4. The first kappa shape index (κ1) is 42.4. The summed E-state index contributed by atoms with van der Waals surface area (Å²) >= 11 is 0. The number of aromatic amines is 1. The first-order valence-electron chi connectivity index (χ1n) is 22.2. The maximum atomic E-state index is 12.7. The van der Waals surface area contributed by atoms with E-state index in [1.54, 1.807) is 7.11 Å². The number of hydrogen-bond acceptors (Lipinski definition) is 12. The molecule has 3 saturated heterocycles. The highest BCUT2D eigenvalue weighted by atomic mass is 32.2.